The molecular formula is C30H49NO3S. The van der Waals surface area contributed by atoms with E-state index in [2.05, 4.69) is 38.9 Å². The standard InChI is InChI=1S/C30H49NO3S/c1-28-12-8-24(34-17-19-35-18-5-15-31(3)4)20-23(28)6-7-27-26(28)9-13-29(2)25(10-14-30(27,29)32)22-11-16-33-21-22/h11,16,21,23-27,32H,5-10,12-15,17-20H2,1-4H3/t23?,24?,25?,26-,27-,28+,29-,30-/m1/s1. The van der Waals surface area contributed by atoms with Gasteiger partial charge in [0.1, 0.15) is 0 Å². The van der Waals surface area contributed by atoms with Gasteiger partial charge in [0.05, 0.1) is 30.8 Å². The van der Waals surface area contributed by atoms with Crippen molar-refractivity contribution in [2.45, 2.75) is 95.7 Å². The van der Waals surface area contributed by atoms with Gasteiger partial charge >= 0.3 is 0 Å². The first-order valence-corrected chi connectivity index (χ1v) is 15.5. The lowest BCUT2D eigenvalue weighted by Crippen LogP contribution is -2.62. The molecule has 4 aliphatic rings. The minimum atomic E-state index is -0.525. The van der Waals surface area contributed by atoms with Gasteiger partial charge in [0, 0.05) is 11.2 Å². The van der Waals surface area contributed by atoms with Crippen LogP contribution in [-0.4, -0.2) is 60.5 Å². The Labute approximate surface area is 217 Å². The predicted molar refractivity (Wildman–Crippen MR) is 145 cm³/mol. The molecule has 1 N–H and O–H groups in total. The van der Waals surface area contributed by atoms with E-state index in [1.165, 1.54) is 62.8 Å². The van der Waals surface area contributed by atoms with Crippen molar-refractivity contribution in [2.24, 2.45) is 28.6 Å². The van der Waals surface area contributed by atoms with Crippen LogP contribution in [0.15, 0.2) is 23.0 Å². The summed E-state index contributed by atoms with van der Waals surface area (Å²) >= 11 is 2.04. The molecule has 0 bridgehead atoms. The Balaban J connectivity index is 1.17. The van der Waals surface area contributed by atoms with Crippen LogP contribution in [0.4, 0.5) is 0 Å². The molecule has 0 saturated heterocycles. The maximum atomic E-state index is 12.4. The second-order valence-electron chi connectivity index (χ2n) is 13.1. The van der Waals surface area contributed by atoms with Crippen LogP contribution in [-0.2, 0) is 4.74 Å². The quantitative estimate of drug-likeness (QED) is 0.385. The lowest BCUT2D eigenvalue weighted by Gasteiger charge is -2.63. The zero-order valence-electron chi connectivity index (χ0n) is 22.6. The highest BCUT2D eigenvalue weighted by molar-refractivity contribution is 7.99. The number of thioether (sulfide) groups is 1. The number of furan rings is 1. The largest absolute Gasteiger partial charge is 0.472 e. The molecule has 4 aliphatic carbocycles. The Hall–Kier alpha value is -0.490. The summed E-state index contributed by atoms with van der Waals surface area (Å²) in [5, 5.41) is 12.4. The first-order chi connectivity index (χ1) is 16.8. The van der Waals surface area contributed by atoms with Crippen LogP contribution in [0, 0.1) is 28.6 Å². The monoisotopic (exact) mass is 503 g/mol. The van der Waals surface area contributed by atoms with Gasteiger partial charge in [0.15, 0.2) is 0 Å². The molecule has 0 aliphatic heterocycles. The predicted octanol–water partition coefficient (Wildman–Crippen LogP) is 6.59. The third kappa shape index (κ3) is 4.66. The van der Waals surface area contributed by atoms with Gasteiger partial charge < -0.3 is 19.2 Å². The zero-order valence-corrected chi connectivity index (χ0v) is 23.5. The van der Waals surface area contributed by atoms with E-state index in [1.54, 1.807) is 6.26 Å². The summed E-state index contributed by atoms with van der Waals surface area (Å²) in [6.07, 6.45) is 16.1. The second kappa shape index (κ2) is 10.3. The van der Waals surface area contributed by atoms with Gasteiger partial charge in [0.2, 0.25) is 0 Å². The molecule has 1 aromatic heterocycles. The summed E-state index contributed by atoms with van der Waals surface area (Å²) < 4.78 is 11.9. The molecule has 3 unspecified atom stereocenters. The fourth-order valence-corrected chi connectivity index (χ4v) is 9.95. The van der Waals surface area contributed by atoms with Crippen molar-refractivity contribution in [3.63, 3.8) is 0 Å². The smallest absolute Gasteiger partial charge is 0.0937 e. The molecule has 1 heterocycles. The minimum absolute atomic E-state index is 0.0221. The Morgan fingerprint density at radius 1 is 1.06 bits per heavy atom. The highest BCUT2D eigenvalue weighted by atomic mass is 32.2. The van der Waals surface area contributed by atoms with E-state index in [4.69, 9.17) is 9.15 Å². The van der Waals surface area contributed by atoms with Gasteiger partial charge in [-0.15, -0.1) is 0 Å². The number of ether oxygens (including phenoxy) is 1. The molecule has 5 rings (SSSR count). The van der Waals surface area contributed by atoms with E-state index in [0.29, 0.717) is 29.3 Å². The maximum Gasteiger partial charge on any atom is 0.0937 e. The van der Waals surface area contributed by atoms with Gasteiger partial charge in [-0.25, -0.2) is 0 Å². The number of aliphatic hydroxyl groups is 1. The Kier molecular flexibility index (Phi) is 7.72. The summed E-state index contributed by atoms with van der Waals surface area (Å²) in [6, 6.07) is 2.13. The van der Waals surface area contributed by atoms with Crippen molar-refractivity contribution in [3.8, 4) is 0 Å². The third-order valence-corrected chi connectivity index (χ3v) is 12.3. The molecule has 198 valence electrons. The van der Waals surface area contributed by atoms with Crippen LogP contribution < -0.4 is 0 Å². The van der Waals surface area contributed by atoms with Gasteiger partial charge in [-0.3, -0.25) is 0 Å². The van der Waals surface area contributed by atoms with E-state index < -0.39 is 5.60 Å². The van der Waals surface area contributed by atoms with E-state index >= 15 is 0 Å². The normalized spacial score (nSPS) is 43.1. The molecule has 0 aromatic carbocycles. The summed E-state index contributed by atoms with van der Waals surface area (Å²) in [4.78, 5) is 2.26. The average Bonchev–Trinajstić information content (AvgIpc) is 3.44. The van der Waals surface area contributed by atoms with Crippen LogP contribution in [0.1, 0.15) is 89.5 Å². The number of fused-ring (bicyclic) bond motifs is 5. The van der Waals surface area contributed by atoms with E-state index in [1.807, 2.05) is 18.0 Å². The third-order valence-electron chi connectivity index (χ3n) is 11.2. The number of hydrogen-bond donors (Lipinski definition) is 1. The number of nitrogens with zero attached hydrogens (tertiary/aromatic N) is 1. The van der Waals surface area contributed by atoms with Gasteiger partial charge in [-0.05, 0) is 131 Å². The first kappa shape index (κ1) is 26.1. The molecule has 0 radical (unpaired) electrons. The lowest BCUT2D eigenvalue weighted by molar-refractivity contribution is -0.207. The van der Waals surface area contributed by atoms with Gasteiger partial charge in [-0.2, -0.15) is 11.8 Å². The van der Waals surface area contributed by atoms with Crippen LogP contribution in [0.2, 0.25) is 0 Å². The summed E-state index contributed by atoms with van der Waals surface area (Å²) in [5.41, 5.74) is 1.12. The Morgan fingerprint density at radius 2 is 1.91 bits per heavy atom. The molecule has 35 heavy (non-hydrogen) atoms. The van der Waals surface area contributed by atoms with E-state index in [-0.39, 0.29) is 5.41 Å². The van der Waals surface area contributed by atoms with Crippen molar-refractivity contribution in [2.75, 3.05) is 38.8 Å². The van der Waals surface area contributed by atoms with Gasteiger partial charge in [-0.1, -0.05) is 13.8 Å². The minimum Gasteiger partial charge on any atom is -0.472 e. The van der Waals surface area contributed by atoms with Crippen LogP contribution in [0.25, 0.3) is 0 Å². The van der Waals surface area contributed by atoms with Crippen LogP contribution in [0.3, 0.4) is 0 Å². The van der Waals surface area contributed by atoms with Crippen molar-refractivity contribution in [1.82, 2.24) is 4.90 Å². The summed E-state index contributed by atoms with van der Waals surface area (Å²) in [7, 11) is 4.30. The fourth-order valence-electron chi connectivity index (χ4n) is 9.20. The molecule has 8 atom stereocenters. The van der Waals surface area contributed by atoms with E-state index in [9.17, 15) is 5.11 Å². The second-order valence-corrected chi connectivity index (χ2v) is 14.3. The van der Waals surface area contributed by atoms with Gasteiger partial charge in [0.25, 0.3) is 0 Å². The first-order valence-electron chi connectivity index (χ1n) is 14.4. The molecule has 4 nitrogen and oxygen atoms in total. The fraction of sp³-hybridized carbons (Fsp3) is 0.867. The van der Waals surface area contributed by atoms with Crippen LogP contribution in [0.5, 0.6) is 0 Å². The molecule has 5 heteroatoms. The van der Waals surface area contributed by atoms with Crippen molar-refractivity contribution in [3.05, 3.63) is 24.2 Å². The molecular weight excluding hydrogens is 454 g/mol. The highest BCUT2D eigenvalue weighted by Gasteiger charge is 2.67. The number of hydrogen-bond acceptors (Lipinski definition) is 5. The lowest BCUT2D eigenvalue weighted by atomic mass is 9.43. The molecule has 0 amide bonds. The number of rotatable bonds is 9. The van der Waals surface area contributed by atoms with Crippen LogP contribution >= 0.6 is 11.8 Å². The Bertz CT molecular complexity index is 830. The highest BCUT2D eigenvalue weighted by Crippen LogP contribution is 2.70. The molecule has 1 aromatic rings. The SMILES string of the molecule is CN(C)CCCSCCOC1CC[C@@]2(C)C(CC[C@@H]3[C@H]2CC[C@]2(C)C(c4ccoc4)CC[C@@]32O)C1. The van der Waals surface area contributed by atoms with Crippen molar-refractivity contribution >= 4 is 11.8 Å². The Morgan fingerprint density at radius 3 is 2.69 bits per heavy atom. The topological polar surface area (TPSA) is 45.8 Å². The molecule has 4 fully saturated rings. The summed E-state index contributed by atoms with van der Waals surface area (Å²) in [6.45, 7) is 7.06. The van der Waals surface area contributed by atoms with Crippen molar-refractivity contribution in [1.29, 1.82) is 0 Å². The maximum absolute atomic E-state index is 12.4. The van der Waals surface area contributed by atoms with Crippen molar-refractivity contribution < 1.29 is 14.3 Å². The van der Waals surface area contributed by atoms with E-state index in [0.717, 1.165) is 37.5 Å². The average molecular weight is 504 g/mol. The molecule has 4 saturated carbocycles. The molecule has 0 spiro atoms. The summed E-state index contributed by atoms with van der Waals surface area (Å²) in [5.74, 6) is 4.67. The zero-order chi connectivity index (χ0) is 24.7.